The van der Waals surface area contributed by atoms with E-state index in [1.54, 1.807) is 20.4 Å². The average Bonchev–Trinajstić information content (AvgIpc) is 3.04. The van der Waals surface area contributed by atoms with Crippen LogP contribution in [0, 0.1) is 0 Å². The van der Waals surface area contributed by atoms with E-state index in [2.05, 4.69) is 4.99 Å². The Labute approximate surface area is 241 Å². The molecule has 5 rings (SSSR count). The first-order chi connectivity index (χ1) is 20.1. The summed E-state index contributed by atoms with van der Waals surface area (Å²) in [5.41, 5.74) is 3.37. The molecule has 0 saturated carbocycles. The highest BCUT2D eigenvalue weighted by molar-refractivity contribution is 5.94. The number of para-hydroxylation sites is 2. The summed E-state index contributed by atoms with van der Waals surface area (Å²) in [6.07, 6.45) is 5.14. The first-order valence-corrected chi connectivity index (χ1v) is 13.8. The van der Waals surface area contributed by atoms with Crippen molar-refractivity contribution in [3.8, 4) is 28.7 Å². The van der Waals surface area contributed by atoms with Gasteiger partial charge in [-0.05, 0) is 97.1 Å². The Hall–Kier alpha value is -4.78. The van der Waals surface area contributed by atoms with Crippen LogP contribution in [-0.2, 0) is 6.61 Å². The molecule has 0 bridgehead atoms. The fourth-order valence-corrected chi connectivity index (χ4v) is 4.65. The number of hydrogen-bond donors (Lipinski definition) is 0. The molecule has 0 unspecified atom stereocenters. The Bertz CT molecular complexity index is 1480. The lowest BCUT2D eigenvalue weighted by Crippen LogP contribution is -2.35. The monoisotopic (exact) mass is 550 g/mol. The highest BCUT2D eigenvalue weighted by Gasteiger charge is 2.18. The number of carbonyl (C=O) groups is 1. The van der Waals surface area contributed by atoms with Gasteiger partial charge in [-0.15, -0.1) is 0 Å². The van der Waals surface area contributed by atoms with Crippen LogP contribution in [0.1, 0.15) is 40.7 Å². The standard InChI is InChI=1S/C34H34N2O5/c1-38-30-8-4-5-9-32(30)41-29-17-15-28(16-18-29)35-23-26-12-19-31(33(22-26)39-2)40-24-25-10-13-27(14-11-25)34(37)36-20-6-3-7-21-36/h4-5,8-19,22-23H,3,6-7,20-21,24H2,1-2H3. The van der Waals surface area contributed by atoms with Gasteiger partial charge in [0.05, 0.1) is 19.9 Å². The van der Waals surface area contributed by atoms with Gasteiger partial charge in [-0.3, -0.25) is 9.79 Å². The van der Waals surface area contributed by atoms with E-state index in [-0.39, 0.29) is 5.91 Å². The molecule has 0 N–H and O–H groups in total. The molecule has 1 saturated heterocycles. The number of methoxy groups -OCH3 is 2. The van der Waals surface area contributed by atoms with Crippen LogP contribution in [-0.4, -0.2) is 44.3 Å². The van der Waals surface area contributed by atoms with Crippen molar-refractivity contribution in [3.05, 3.63) is 108 Å². The molecule has 0 atom stereocenters. The van der Waals surface area contributed by atoms with Crippen molar-refractivity contribution in [2.45, 2.75) is 25.9 Å². The number of hydrogen-bond acceptors (Lipinski definition) is 6. The highest BCUT2D eigenvalue weighted by atomic mass is 16.5. The van der Waals surface area contributed by atoms with E-state index >= 15 is 0 Å². The quantitative estimate of drug-likeness (QED) is 0.192. The van der Waals surface area contributed by atoms with Crippen LogP contribution in [0.3, 0.4) is 0 Å². The predicted octanol–water partition coefficient (Wildman–Crippen LogP) is 7.45. The lowest BCUT2D eigenvalue weighted by molar-refractivity contribution is 0.0724. The minimum atomic E-state index is 0.105. The van der Waals surface area contributed by atoms with Crippen molar-refractivity contribution in [3.63, 3.8) is 0 Å². The van der Waals surface area contributed by atoms with Crippen LogP contribution >= 0.6 is 0 Å². The molecule has 4 aromatic carbocycles. The summed E-state index contributed by atoms with van der Waals surface area (Å²) < 4.78 is 22.9. The molecule has 0 radical (unpaired) electrons. The number of rotatable bonds is 10. The number of ether oxygens (including phenoxy) is 4. The maximum atomic E-state index is 12.7. The van der Waals surface area contributed by atoms with Crippen molar-refractivity contribution >= 4 is 17.8 Å². The van der Waals surface area contributed by atoms with Crippen molar-refractivity contribution in [1.82, 2.24) is 4.90 Å². The largest absolute Gasteiger partial charge is 0.493 e. The molecule has 1 aliphatic heterocycles. The Kier molecular flexibility index (Phi) is 9.16. The van der Waals surface area contributed by atoms with Gasteiger partial charge in [0.15, 0.2) is 23.0 Å². The zero-order chi connectivity index (χ0) is 28.4. The lowest BCUT2D eigenvalue weighted by atomic mass is 10.1. The molecular formula is C34H34N2O5. The van der Waals surface area contributed by atoms with E-state index in [1.807, 2.05) is 95.9 Å². The van der Waals surface area contributed by atoms with E-state index in [0.29, 0.717) is 35.4 Å². The van der Waals surface area contributed by atoms with Gasteiger partial charge in [0.1, 0.15) is 12.4 Å². The molecule has 1 fully saturated rings. The summed E-state index contributed by atoms with van der Waals surface area (Å²) in [5, 5.41) is 0. The molecule has 1 aliphatic rings. The normalized spacial score (nSPS) is 13.2. The maximum absolute atomic E-state index is 12.7. The molecule has 7 nitrogen and oxygen atoms in total. The lowest BCUT2D eigenvalue weighted by Gasteiger charge is -2.26. The summed E-state index contributed by atoms with van der Waals surface area (Å²) in [6.45, 7) is 2.05. The number of carbonyl (C=O) groups excluding carboxylic acids is 1. The Morgan fingerprint density at radius 2 is 1.49 bits per heavy atom. The van der Waals surface area contributed by atoms with Crippen LogP contribution in [0.25, 0.3) is 0 Å². The topological polar surface area (TPSA) is 69.6 Å². The zero-order valence-corrected chi connectivity index (χ0v) is 23.4. The van der Waals surface area contributed by atoms with Crippen LogP contribution in [0.15, 0.2) is 96.0 Å². The van der Waals surface area contributed by atoms with E-state index in [9.17, 15) is 4.79 Å². The molecule has 1 amide bonds. The van der Waals surface area contributed by atoms with Gasteiger partial charge >= 0.3 is 0 Å². The molecular weight excluding hydrogens is 516 g/mol. The Balaban J connectivity index is 1.17. The Morgan fingerprint density at radius 3 is 2.20 bits per heavy atom. The third-order valence-corrected chi connectivity index (χ3v) is 6.92. The molecule has 7 heteroatoms. The SMILES string of the molecule is COc1cc(C=Nc2ccc(Oc3ccccc3OC)cc2)ccc1OCc1ccc(C(=O)N2CCCCC2)cc1. The molecule has 0 aromatic heterocycles. The number of aliphatic imine (C=N–C) groups is 1. The van der Waals surface area contributed by atoms with Crippen LogP contribution in [0.5, 0.6) is 28.7 Å². The van der Waals surface area contributed by atoms with Crippen molar-refractivity contribution in [2.75, 3.05) is 27.3 Å². The van der Waals surface area contributed by atoms with E-state index in [0.717, 1.165) is 48.3 Å². The fourth-order valence-electron chi connectivity index (χ4n) is 4.65. The summed E-state index contributed by atoms with van der Waals surface area (Å²) in [4.78, 5) is 19.2. The van der Waals surface area contributed by atoms with Gasteiger partial charge in [0.25, 0.3) is 5.91 Å². The van der Waals surface area contributed by atoms with Crippen LogP contribution < -0.4 is 18.9 Å². The fraction of sp³-hybridized carbons (Fsp3) is 0.235. The molecule has 210 valence electrons. The Morgan fingerprint density at radius 1 is 0.780 bits per heavy atom. The van der Waals surface area contributed by atoms with Gasteiger partial charge in [-0.25, -0.2) is 0 Å². The summed E-state index contributed by atoms with van der Waals surface area (Å²) in [7, 11) is 3.23. The summed E-state index contributed by atoms with van der Waals surface area (Å²) in [6, 6.07) is 28.4. The predicted molar refractivity (Wildman–Crippen MR) is 160 cm³/mol. The molecule has 4 aromatic rings. The van der Waals surface area contributed by atoms with Gasteiger partial charge in [0.2, 0.25) is 0 Å². The number of likely N-dealkylation sites (tertiary alicyclic amines) is 1. The number of piperidine rings is 1. The van der Waals surface area contributed by atoms with Crippen molar-refractivity contribution < 1.29 is 23.7 Å². The van der Waals surface area contributed by atoms with E-state index in [4.69, 9.17) is 18.9 Å². The van der Waals surface area contributed by atoms with Gasteiger partial charge in [-0.2, -0.15) is 0 Å². The summed E-state index contributed by atoms with van der Waals surface area (Å²) >= 11 is 0. The van der Waals surface area contributed by atoms with Gasteiger partial charge in [0, 0.05) is 24.9 Å². The van der Waals surface area contributed by atoms with E-state index in [1.165, 1.54) is 6.42 Å². The first kappa shape index (κ1) is 27.8. The summed E-state index contributed by atoms with van der Waals surface area (Å²) in [5.74, 6) is 3.38. The third kappa shape index (κ3) is 7.25. The molecule has 0 spiro atoms. The second-order valence-electron chi connectivity index (χ2n) is 9.75. The van der Waals surface area contributed by atoms with Crippen LogP contribution in [0.4, 0.5) is 5.69 Å². The maximum Gasteiger partial charge on any atom is 0.253 e. The minimum Gasteiger partial charge on any atom is -0.493 e. The number of nitrogens with zero attached hydrogens (tertiary/aromatic N) is 2. The van der Waals surface area contributed by atoms with Gasteiger partial charge in [-0.1, -0.05) is 24.3 Å². The third-order valence-electron chi connectivity index (χ3n) is 6.92. The minimum absolute atomic E-state index is 0.105. The highest BCUT2D eigenvalue weighted by Crippen LogP contribution is 2.32. The smallest absolute Gasteiger partial charge is 0.253 e. The molecule has 41 heavy (non-hydrogen) atoms. The van der Waals surface area contributed by atoms with Crippen molar-refractivity contribution in [2.24, 2.45) is 4.99 Å². The van der Waals surface area contributed by atoms with Crippen LogP contribution in [0.2, 0.25) is 0 Å². The average molecular weight is 551 g/mol. The van der Waals surface area contributed by atoms with Gasteiger partial charge < -0.3 is 23.8 Å². The zero-order valence-electron chi connectivity index (χ0n) is 23.4. The number of amides is 1. The second-order valence-corrected chi connectivity index (χ2v) is 9.75. The number of benzene rings is 4. The first-order valence-electron chi connectivity index (χ1n) is 13.8. The van der Waals surface area contributed by atoms with E-state index < -0.39 is 0 Å². The molecule has 1 heterocycles. The second kappa shape index (κ2) is 13.5. The van der Waals surface area contributed by atoms with Crippen molar-refractivity contribution in [1.29, 1.82) is 0 Å². The molecule has 0 aliphatic carbocycles.